The Morgan fingerprint density at radius 3 is 2.43 bits per heavy atom. The summed E-state index contributed by atoms with van der Waals surface area (Å²) in [4.78, 5) is 0. The fraction of sp³-hybridized carbons (Fsp3) is 0.0526. The van der Waals surface area contributed by atoms with Crippen molar-refractivity contribution in [3.05, 3.63) is 90.0 Å². The molecule has 0 saturated heterocycles. The Bertz CT molecular complexity index is 752. The van der Waals surface area contributed by atoms with Crippen LogP contribution in [0.25, 0.3) is 16.7 Å². The van der Waals surface area contributed by atoms with Crippen molar-refractivity contribution in [2.24, 2.45) is 0 Å². The monoisotopic (exact) mass is 280 g/mol. The van der Waals surface area contributed by atoms with Crippen molar-refractivity contribution in [3.63, 3.8) is 0 Å². The van der Waals surface area contributed by atoms with Crippen molar-refractivity contribution >= 4 is 5.57 Å². The van der Waals surface area contributed by atoms with Crippen molar-refractivity contribution in [2.75, 3.05) is 0 Å². The molecular weight excluding hydrogens is 266 g/mol. The summed E-state index contributed by atoms with van der Waals surface area (Å²) in [5, 5.41) is 0. The van der Waals surface area contributed by atoms with E-state index >= 15 is 0 Å². The normalized spacial score (nSPS) is 13.9. The smallest absolute Gasteiger partial charge is 0.131 e. The molecule has 3 rings (SSSR count). The van der Waals surface area contributed by atoms with Crippen molar-refractivity contribution in [1.29, 1.82) is 0 Å². The zero-order valence-electron chi connectivity index (χ0n) is 11.4. The second-order valence-electron chi connectivity index (χ2n) is 4.86. The lowest BCUT2D eigenvalue weighted by Crippen LogP contribution is -1.91. The SMILES string of the molecule is Fc1ccccc1-c1ccc(C2=CC=CCC=C2)cc1F. The quantitative estimate of drug-likeness (QED) is 0.678. The lowest BCUT2D eigenvalue weighted by molar-refractivity contribution is 0.616. The fourth-order valence-electron chi connectivity index (χ4n) is 2.36. The number of allylic oxidation sites excluding steroid dienone is 6. The van der Waals surface area contributed by atoms with Gasteiger partial charge >= 0.3 is 0 Å². The van der Waals surface area contributed by atoms with Gasteiger partial charge in [0.1, 0.15) is 11.6 Å². The maximum absolute atomic E-state index is 14.3. The number of hydrogen-bond donors (Lipinski definition) is 0. The summed E-state index contributed by atoms with van der Waals surface area (Å²) in [6.45, 7) is 0. The van der Waals surface area contributed by atoms with Crippen LogP contribution in [0.1, 0.15) is 12.0 Å². The molecule has 0 bridgehead atoms. The topological polar surface area (TPSA) is 0 Å². The zero-order chi connectivity index (χ0) is 14.7. The van der Waals surface area contributed by atoms with Gasteiger partial charge in [-0.05, 0) is 29.7 Å². The second kappa shape index (κ2) is 5.88. The summed E-state index contributed by atoms with van der Waals surface area (Å²) >= 11 is 0. The summed E-state index contributed by atoms with van der Waals surface area (Å²) in [6.07, 6.45) is 10.8. The third-order valence-corrected chi connectivity index (χ3v) is 3.45. The van der Waals surface area contributed by atoms with Gasteiger partial charge in [0.2, 0.25) is 0 Å². The number of rotatable bonds is 2. The molecule has 0 unspecified atom stereocenters. The molecule has 2 heteroatoms. The number of halogens is 2. The van der Waals surface area contributed by atoms with Crippen LogP contribution < -0.4 is 0 Å². The Morgan fingerprint density at radius 2 is 1.62 bits per heavy atom. The van der Waals surface area contributed by atoms with Crippen LogP contribution in [0.15, 0.2) is 72.8 Å². The highest BCUT2D eigenvalue weighted by Crippen LogP contribution is 2.28. The van der Waals surface area contributed by atoms with Crippen molar-refractivity contribution in [3.8, 4) is 11.1 Å². The van der Waals surface area contributed by atoms with Gasteiger partial charge in [-0.1, -0.05) is 60.7 Å². The van der Waals surface area contributed by atoms with E-state index in [0.717, 1.165) is 17.6 Å². The Balaban J connectivity index is 2.03. The standard InChI is InChI=1S/C19H14F2/c20-18-10-6-5-9-16(18)17-12-11-15(13-19(17)21)14-7-3-1-2-4-8-14/h1,3-13H,2H2. The highest BCUT2D eigenvalue weighted by molar-refractivity contribution is 5.77. The molecular formula is C19H14F2. The lowest BCUT2D eigenvalue weighted by atomic mass is 9.99. The zero-order valence-corrected chi connectivity index (χ0v) is 11.4. The van der Waals surface area contributed by atoms with Gasteiger partial charge in [0.25, 0.3) is 0 Å². The van der Waals surface area contributed by atoms with Crippen LogP contribution in [0, 0.1) is 11.6 Å². The third kappa shape index (κ3) is 2.84. The summed E-state index contributed by atoms with van der Waals surface area (Å²) in [6, 6.07) is 11.1. The molecule has 0 spiro atoms. The average molecular weight is 280 g/mol. The van der Waals surface area contributed by atoms with E-state index in [1.54, 1.807) is 24.3 Å². The molecule has 2 aromatic rings. The van der Waals surface area contributed by atoms with E-state index in [2.05, 4.69) is 0 Å². The predicted molar refractivity (Wildman–Crippen MR) is 82.7 cm³/mol. The number of hydrogen-bond acceptors (Lipinski definition) is 0. The lowest BCUT2D eigenvalue weighted by Gasteiger charge is -2.08. The average Bonchev–Trinajstić information content (AvgIpc) is 2.77. The van der Waals surface area contributed by atoms with Gasteiger partial charge in [-0.15, -0.1) is 0 Å². The molecule has 0 fully saturated rings. The maximum atomic E-state index is 14.3. The Kier molecular flexibility index (Phi) is 3.78. The fourth-order valence-corrected chi connectivity index (χ4v) is 2.36. The Hall–Kier alpha value is -2.48. The summed E-state index contributed by atoms with van der Waals surface area (Å²) in [7, 11) is 0. The van der Waals surface area contributed by atoms with E-state index < -0.39 is 11.6 Å². The van der Waals surface area contributed by atoms with Gasteiger partial charge in [-0.2, -0.15) is 0 Å². The molecule has 21 heavy (non-hydrogen) atoms. The van der Waals surface area contributed by atoms with E-state index in [1.165, 1.54) is 12.1 Å². The maximum Gasteiger partial charge on any atom is 0.131 e. The molecule has 0 heterocycles. The van der Waals surface area contributed by atoms with Gasteiger partial charge in [0.05, 0.1) is 0 Å². The molecule has 0 N–H and O–H groups in total. The predicted octanol–water partition coefficient (Wildman–Crippen LogP) is 5.53. The molecule has 0 atom stereocenters. The van der Waals surface area contributed by atoms with Crippen LogP contribution in [0.4, 0.5) is 8.78 Å². The largest absolute Gasteiger partial charge is 0.206 e. The molecule has 0 radical (unpaired) electrons. The summed E-state index contributed by atoms with van der Waals surface area (Å²) < 4.78 is 28.1. The van der Waals surface area contributed by atoms with Crippen LogP contribution in [0.3, 0.4) is 0 Å². The molecule has 0 saturated carbocycles. The Morgan fingerprint density at radius 1 is 0.810 bits per heavy atom. The van der Waals surface area contributed by atoms with E-state index in [-0.39, 0.29) is 11.1 Å². The molecule has 0 nitrogen and oxygen atoms in total. The summed E-state index contributed by atoms with van der Waals surface area (Å²) in [5.41, 5.74) is 2.30. The molecule has 1 aliphatic rings. The van der Waals surface area contributed by atoms with Crippen LogP contribution in [-0.2, 0) is 0 Å². The first-order chi connectivity index (χ1) is 10.3. The van der Waals surface area contributed by atoms with E-state index in [1.807, 2.05) is 36.4 Å². The van der Waals surface area contributed by atoms with Gasteiger partial charge in [-0.3, -0.25) is 0 Å². The van der Waals surface area contributed by atoms with Crippen molar-refractivity contribution in [1.82, 2.24) is 0 Å². The van der Waals surface area contributed by atoms with Crippen LogP contribution in [-0.4, -0.2) is 0 Å². The molecule has 104 valence electrons. The second-order valence-corrected chi connectivity index (χ2v) is 4.86. The number of benzene rings is 2. The van der Waals surface area contributed by atoms with Crippen LogP contribution >= 0.6 is 0 Å². The molecule has 1 aliphatic carbocycles. The molecule has 0 amide bonds. The highest BCUT2D eigenvalue weighted by Gasteiger charge is 2.11. The molecule has 0 aliphatic heterocycles. The Labute approximate surface area is 122 Å². The van der Waals surface area contributed by atoms with Crippen LogP contribution in [0.5, 0.6) is 0 Å². The van der Waals surface area contributed by atoms with Gasteiger partial charge < -0.3 is 0 Å². The molecule has 0 aromatic heterocycles. The van der Waals surface area contributed by atoms with Gasteiger partial charge in [0, 0.05) is 11.1 Å². The van der Waals surface area contributed by atoms with E-state index in [9.17, 15) is 8.78 Å². The van der Waals surface area contributed by atoms with Gasteiger partial charge in [-0.25, -0.2) is 8.78 Å². The minimum Gasteiger partial charge on any atom is -0.206 e. The summed E-state index contributed by atoms with van der Waals surface area (Å²) in [5.74, 6) is -0.833. The van der Waals surface area contributed by atoms with E-state index in [0.29, 0.717) is 0 Å². The third-order valence-electron chi connectivity index (χ3n) is 3.45. The van der Waals surface area contributed by atoms with Gasteiger partial charge in [0.15, 0.2) is 0 Å². The highest BCUT2D eigenvalue weighted by atomic mass is 19.1. The first kappa shape index (κ1) is 13.5. The van der Waals surface area contributed by atoms with Crippen LogP contribution in [0.2, 0.25) is 0 Å². The minimum atomic E-state index is -0.417. The van der Waals surface area contributed by atoms with E-state index in [4.69, 9.17) is 0 Å². The first-order valence-corrected chi connectivity index (χ1v) is 6.84. The minimum absolute atomic E-state index is 0.283. The van der Waals surface area contributed by atoms with Crippen molar-refractivity contribution in [2.45, 2.75) is 6.42 Å². The first-order valence-electron chi connectivity index (χ1n) is 6.84. The van der Waals surface area contributed by atoms with Crippen molar-refractivity contribution < 1.29 is 8.78 Å². The molecule has 2 aromatic carbocycles.